The average molecular weight is 351 g/mol. The van der Waals surface area contributed by atoms with Crippen LogP contribution in [0.5, 0.6) is 0 Å². The first-order valence-electron chi connectivity index (χ1n) is 9.39. The molecule has 144 valence electrons. The largest absolute Gasteiger partial charge is 0.377 e. The second-order valence-electron chi connectivity index (χ2n) is 5.73. The maximum atomic E-state index is 5.10. The van der Waals surface area contributed by atoms with Crippen molar-refractivity contribution in [2.45, 2.75) is 46.2 Å². The Balaban J connectivity index is 0.000000544. The smallest absolute Gasteiger partial charge is 0.139 e. The van der Waals surface area contributed by atoms with Gasteiger partial charge in [-0.1, -0.05) is 50.8 Å². The molecule has 0 aliphatic carbocycles. The van der Waals surface area contributed by atoms with Crippen LogP contribution in [0.4, 0.5) is 0 Å². The Bertz CT molecular complexity index is 410. The van der Waals surface area contributed by atoms with E-state index in [1.165, 1.54) is 19.3 Å². The van der Waals surface area contributed by atoms with Gasteiger partial charge < -0.3 is 15.5 Å². The van der Waals surface area contributed by atoms with Gasteiger partial charge in [0.25, 0.3) is 0 Å². The van der Waals surface area contributed by atoms with Gasteiger partial charge in [0.05, 0.1) is 0 Å². The lowest BCUT2D eigenvalue weighted by Gasteiger charge is -2.25. The summed E-state index contributed by atoms with van der Waals surface area (Å²) < 4.78 is 5.10. The predicted octanol–water partition coefficient (Wildman–Crippen LogP) is 3.53. The van der Waals surface area contributed by atoms with E-state index in [-0.39, 0.29) is 6.17 Å². The predicted molar refractivity (Wildman–Crippen MR) is 110 cm³/mol. The fourth-order valence-electron chi connectivity index (χ4n) is 2.77. The molecule has 2 unspecified atom stereocenters. The van der Waals surface area contributed by atoms with Crippen molar-refractivity contribution in [1.29, 1.82) is 0 Å². The van der Waals surface area contributed by atoms with Crippen molar-refractivity contribution >= 4 is 5.84 Å². The number of amidine groups is 1. The molecule has 0 bridgehead atoms. The van der Waals surface area contributed by atoms with Gasteiger partial charge in [-0.05, 0) is 45.2 Å². The van der Waals surface area contributed by atoms with E-state index in [9.17, 15) is 0 Å². The summed E-state index contributed by atoms with van der Waals surface area (Å²) in [5.74, 6) is 1.61. The quantitative estimate of drug-likeness (QED) is 0.745. The number of ether oxygens (including phenoxy) is 1. The van der Waals surface area contributed by atoms with Crippen molar-refractivity contribution in [3.05, 3.63) is 37.0 Å². The maximum absolute atomic E-state index is 5.10. The molecule has 0 aromatic rings. The molecule has 0 aromatic heterocycles. The highest BCUT2D eigenvalue weighted by atomic mass is 16.5. The third kappa shape index (κ3) is 10.2. The standard InChI is InChI=1S/C11H22N4O.C7H10.C2H6/c1-15-11(13-10(14-15)8-16-2)9-4-3-6-12-7-5-9;1-3-5-7-6-4-2;1-2/h9,11-12H,3-8H2,1-2H3,(H,13,14);3-7H,1H2,2H3;1-2H3/b;6-4-,7-5-;. The highest BCUT2D eigenvalue weighted by Gasteiger charge is 2.30. The molecule has 0 saturated carbocycles. The zero-order valence-electron chi connectivity index (χ0n) is 16.8. The zero-order valence-corrected chi connectivity index (χ0v) is 16.8. The highest BCUT2D eigenvalue weighted by molar-refractivity contribution is 5.84. The number of aliphatic imine (C=N–C) groups is 1. The van der Waals surface area contributed by atoms with Gasteiger partial charge in [-0.15, -0.1) is 0 Å². The van der Waals surface area contributed by atoms with Gasteiger partial charge in [0.2, 0.25) is 0 Å². The normalized spacial score (nSPS) is 23.8. The number of hydrogen-bond donors (Lipinski definition) is 2. The molecule has 0 aromatic carbocycles. The van der Waals surface area contributed by atoms with Gasteiger partial charge in [0.1, 0.15) is 18.6 Å². The lowest BCUT2D eigenvalue weighted by atomic mass is 9.97. The minimum absolute atomic E-state index is 0.282. The van der Waals surface area contributed by atoms with E-state index >= 15 is 0 Å². The summed E-state index contributed by atoms with van der Waals surface area (Å²) in [4.78, 5) is 4.70. The van der Waals surface area contributed by atoms with Crippen molar-refractivity contribution in [3.63, 3.8) is 0 Å². The van der Waals surface area contributed by atoms with E-state index in [4.69, 9.17) is 9.73 Å². The summed E-state index contributed by atoms with van der Waals surface area (Å²) in [7, 11) is 3.77. The molecule has 2 aliphatic rings. The second kappa shape index (κ2) is 16.1. The number of methoxy groups -OCH3 is 1. The van der Waals surface area contributed by atoms with Crippen molar-refractivity contribution in [3.8, 4) is 0 Å². The lowest BCUT2D eigenvalue weighted by Crippen LogP contribution is -2.41. The third-order valence-corrected chi connectivity index (χ3v) is 3.86. The van der Waals surface area contributed by atoms with E-state index in [0.29, 0.717) is 12.5 Å². The Morgan fingerprint density at radius 2 is 2.00 bits per heavy atom. The van der Waals surface area contributed by atoms with E-state index in [1.54, 1.807) is 13.2 Å². The van der Waals surface area contributed by atoms with Gasteiger partial charge >= 0.3 is 0 Å². The highest BCUT2D eigenvalue weighted by Crippen LogP contribution is 2.23. The molecule has 0 radical (unpaired) electrons. The van der Waals surface area contributed by atoms with E-state index in [1.807, 2.05) is 45.1 Å². The van der Waals surface area contributed by atoms with Gasteiger partial charge in [-0.2, -0.15) is 0 Å². The molecular formula is C20H38N4O. The van der Waals surface area contributed by atoms with Gasteiger partial charge in [-0.3, -0.25) is 0 Å². The van der Waals surface area contributed by atoms with E-state index < -0.39 is 0 Å². The second-order valence-corrected chi connectivity index (χ2v) is 5.73. The molecule has 2 aliphatic heterocycles. The maximum Gasteiger partial charge on any atom is 0.139 e. The van der Waals surface area contributed by atoms with Crippen molar-refractivity contribution < 1.29 is 4.74 Å². The van der Waals surface area contributed by atoms with Gasteiger partial charge in [0.15, 0.2) is 0 Å². The molecule has 0 amide bonds. The number of hydrogen-bond acceptors (Lipinski definition) is 5. The monoisotopic (exact) mass is 350 g/mol. The SMILES string of the molecule is C=C/C=C\C=C/C.CC.COCC1=NC(C2CCCNCC2)N(C)N1. The number of nitrogens with zero attached hydrogens (tertiary/aromatic N) is 2. The Kier molecular flexibility index (Phi) is 15.1. The average Bonchev–Trinajstić information content (AvgIpc) is 2.83. The lowest BCUT2D eigenvalue weighted by molar-refractivity contribution is 0.163. The van der Waals surface area contributed by atoms with Crippen LogP contribution in [-0.4, -0.2) is 50.9 Å². The van der Waals surface area contributed by atoms with Crippen LogP contribution in [0.3, 0.4) is 0 Å². The van der Waals surface area contributed by atoms with Crippen LogP contribution in [0.2, 0.25) is 0 Å². The first kappa shape index (κ1) is 23.6. The molecule has 0 spiro atoms. The van der Waals surface area contributed by atoms with Gasteiger partial charge in [0, 0.05) is 14.2 Å². The van der Waals surface area contributed by atoms with Crippen molar-refractivity contribution in [1.82, 2.24) is 15.8 Å². The summed E-state index contributed by atoms with van der Waals surface area (Å²) in [6, 6.07) is 0. The number of rotatable bonds is 5. The summed E-state index contributed by atoms with van der Waals surface area (Å²) in [5.41, 5.74) is 3.26. The van der Waals surface area contributed by atoms with Crippen LogP contribution >= 0.6 is 0 Å². The fourth-order valence-corrected chi connectivity index (χ4v) is 2.77. The third-order valence-electron chi connectivity index (χ3n) is 3.86. The fraction of sp³-hybridized carbons (Fsp3) is 0.650. The molecular weight excluding hydrogens is 312 g/mol. The first-order valence-corrected chi connectivity index (χ1v) is 9.39. The molecule has 1 saturated heterocycles. The van der Waals surface area contributed by atoms with Crippen molar-refractivity contribution in [2.24, 2.45) is 10.9 Å². The van der Waals surface area contributed by atoms with Crippen molar-refractivity contribution in [2.75, 3.05) is 33.9 Å². The molecule has 2 atom stereocenters. The van der Waals surface area contributed by atoms with Crippen LogP contribution in [0.25, 0.3) is 0 Å². The summed E-state index contributed by atoms with van der Waals surface area (Å²) >= 11 is 0. The summed E-state index contributed by atoms with van der Waals surface area (Å²) in [6.45, 7) is 12.3. The molecule has 2 heterocycles. The Labute approximate surface area is 154 Å². The summed E-state index contributed by atoms with van der Waals surface area (Å²) in [5, 5.41) is 5.56. The molecule has 2 N–H and O–H groups in total. The summed E-state index contributed by atoms with van der Waals surface area (Å²) in [6.07, 6.45) is 13.5. The first-order chi connectivity index (χ1) is 12.2. The minimum Gasteiger partial charge on any atom is -0.377 e. The van der Waals surface area contributed by atoms with Crippen LogP contribution < -0.4 is 10.7 Å². The van der Waals surface area contributed by atoms with Crippen LogP contribution in [0.1, 0.15) is 40.0 Å². The molecule has 2 rings (SSSR count). The van der Waals surface area contributed by atoms with Crippen LogP contribution in [0.15, 0.2) is 42.0 Å². The van der Waals surface area contributed by atoms with Crippen LogP contribution in [-0.2, 0) is 4.74 Å². The Morgan fingerprint density at radius 1 is 1.24 bits per heavy atom. The number of allylic oxidation sites excluding steroid dienone is 5. The molecule has 1 fully saturated rings. The van der Waals surface area contributed by atoms with Crippen LogP contribution in [0, 0.1) is 5.92 Å². The number of nitrogens with one attached hydrogen (secondary N) is 2. The van der Waals surface area contributed by atoms with E-state index in [2.05, 4.69) is 29.4 Å². The zero-order chi connectivity index (χ0) is 18.9. The minimum atomic E-state index is 0.282. The van der Waals surface area contributed by atoms with Gasteiger partial charge in [-0.25, -0.2) is 10.0 Å². The number of hydrazine groups is 1. The molecule has 5 nitrogen and oxygen atoms in total. The Hall–Kier alpha value is -1.43. The molecule has 5 heteroatoms. The molecule has 25 heavy (non-hydrogen) atoms. The Morgan fingerprint density at radius 3 is 2.64 bits per heavy atom. The van der Waals surface area contributed by atoms with E-state index in [0.717, 1.165) is 18.9 Å². The topological polar surface area (TPSA) is 48.9 Å².